The first kappa shape index (κ1) is 13.4. The minimum Gasteiger partial charge on any atom is -0.423 e. The average molecular weight is 283 g/mol. The lowest BCUT2D eigenvalue weighted by atomic mass is 10.2. The molecule has 0 aliphatic heterocycles. The number of nitrogens with zero attached hydrogens (tertiary/aromatic N) is 4. The van der Waals surface area contributed by atoms with Crippen molar-refractivity contribution in [3.63, 3.8) is 0 Å². The minimum absolute atomic E-state index is 0.520. The molecule has 2 heterocycles. The Labute approximate surface area is 122 Å². The van der Waals surface area contributed by atoms with E-state index in [2.05, 4.69) is 32.0 Å². The first-order valence-corrected chi connectivity index (χ1v) is 6.97. The highest BCUT2D eigenvalue weighted by Gasteiger charge is 2.05. The van der Waals surface area contributed by atoms with Crippen molar-refractivity contribution in [1.29, 1.82) is 0 Å². The summed E-state index contributed by atoms with van der Waals surface area (Å²) in [6.45, 7) is 3.82. The number of hydrogen-bond acceptors (Lipinski definition) is 5. The van der Waals surface area contributed by atoms with Crippen LogP contribution in [0.2, 0.25) is 0 Å². The van der Waals surface area contributed by atoms with Gasteiger partial charge in [0.25, 0.3) is 0 Å². The van der Waals surface area contributed by atoms with Gasteiger partial charge in [0.15, 0.2) is 0 Å². The largest absolute Gasteiger partial charge is 0.423 e. The number of hydrogen-bond donors (Lipinski definition) is 1. The molecule has 0 unspecified atom stereocenters. The van der Waals surface area contributed by atoms with E-state index in [0.29, 0.717) is 12.4 Å². The van der Waals surface area contributed by atoms with Gasteiger partial charge in [-0.1, -0.05) is 13.0 Å². The molecule has 0 saturated carbocycles. The predicted octanol–water partition coefficient (Wildman–Crippen LogP) is 2.96. The fourth-order valence-corrected chi connectivity index (χ4v) is 2.19. The third-order valence-corrected chi connectivity index (χ3v) is 3.19. The second-order valence-electron chi connectivity index (χ2n) is 4.72. The van der Waals surface area contributed by atoms with Gasteiger partial charge < -0.3 is 14.3 Å². The van der Waals surface area contributed by atoms with E-state index in [-0.39, 0.29) is 0 Å². The van der Waals surface area contributed by atoms with E-state index in [0.717, 1.165) is 30.0 Å². The molecule has 0 aliphatic rings. The zero-order valence-corrected chi connectivity index (χ0v) is 11.9. The molecule has 1 aromatic carbocycles. The van der Waals surface area contributed by atoms with Gasteiger partial charge in [-0.25, -0.2) is 4.98 Å². The second kappa shape index (κ2) is 6.21. The lowest BCUT2D eigenvalue weighted by Crippen LogP contribution is -2.08. The number of anilines is 1. The van der Waals surface area contributed by atoms with Crippen LogP contribution in [0.3, 0.4) is 0 Å². The predicted molar refractivity (Wildman–Crippen MR) is 79.6 cm³/mol. The maximum atomic E-state index is 5.21. The Balaban J connectivity index is 1.71. The third kappa shape index (κ3) is 3.10. The SMILES string of the molecule is CCCn1ccnc1CNc1cccc(-c2nnco2)c1. The number of benzene rings is 1. The summed E-state index contributed by atoms with van der Waals surface area (Å²) in [4.78, 5) is 4.38. The molecular formula is C15H17N5O. The van der Waals surface area contributed by atoms with Crippen LogP contribution in [-0.4, -0.2) is 19.7 Å². The van der Waals surface area contributed by atoms with E-state index >= 15 is 0 Å². The van der Waals surface area contributed by atoms with Gasteiger partial charge in [0.2, 0.25) is 12.3 Å². The van der Waals surface area contributed by atoms with Gasteiger partial charge in [-0.15, -0.1) is 10.2 Å². The summed E-state index contributed by atoms with van der Waals surface area (Å²) in [5.41, 5.74) is 1.89. The fraction of sp³-hybridized carbons (Fsp3) is 0.267. The molecule has 6 heteroatoms. The van der Waals surface area contributed by atoms with Crippen LogP contribution in [0.25, 0.3) is 11.5 Å². The molecule has 0 aliphatic carbocycles. The summed E-state index contributed by atoms with van der Waals surface area (Å²) in [7, 11) is 0. The summed E-state index contributed by atoms with van der Waals surface area (Å²) in [6.07, 6.45) is 6.27. The number of aromatic nitrogens is 4. The maximum absolute atomic E-state index is 5.21. The number of rotatable bonds is 6. The second-order valence-corrected chi connectivity index (χ2v) is 4.72. The van der Waals surface area contributed by atoms with Gasteiger partial charge >= 0.3 is 0 Å². The van der Waals surface area contributed by atoms with Gasteiger partial charge in [-0.3, -0.25) is 0 Å². The zero-order chi connectivity index (χ0) is 14.5. The molecule has 0 atom stereocenters. The summed E-state index contributed by atoms with van der Waals surface area (Å²) >= 11 is 0. The van der Waals surface area contributed by atoms with Gasteiger partial charge in [0.1, 0.15) is 5.82 Å². The van der Waals surface area contributed by atoms with E-state index in [1.807, 2.05) is 36.7 Å². The van der Waals surface area contributed by atoms with Gasteiger partial charge in [0.05, 0.1) is 6.54 Å². The molecule has 0 radical (unpaired) electrons. The Bertz CT molecular complexity index is 690. The molecule has 3 rings (SSSR count). The number of aryl methyl sites for hydroxylation is 1. The quantitative estimate of drug-likeness (QED) is 0.753. The fourth-order valence-electron chi connectivity index (χ4n) is 2.19. The Morgan fingerprint density at radius 1 is 1.33 bits per heavy atom. The molecule has 1 N–H and O–H groups in total. The molecule has 0 saturated heterocycles. The molecule has 0 fully saturated rings. The van der Waals surface area contributed by atoms with Crippen molar-refractivity contribution >= 4 is 5.69 Å². The molecule has 3 aromatic rings. The molecule has 108 valence electrons. The summed E-state index contributed by atoms with van der Waals surface area (Å²) in [5, 5.41) is 11.0. The molecule has 2 aromatic heterocycles. The molecule has 21 heavy (non-hydrogen) atoms. The average Bonchev–Trinajstić information content (AvgIpc) is 3.18. The zero-order valence-electron chi connectivity index (χ0n) is 11.9. The van der Waals surface area contributed by atoms with E-state index in [4.69, 9.17) is 4.42 Å². The standard InChI is InChI=1S/C15H17N5O/c1-2-7-20-8-6-16-14(20)10-17-13-5-3-4-12(9-13)15-19-18-11-21-15/h3-6,8-9,11,17H,2,7,10H2,1H3. The van der Waals surface area contributed by atoms with Crippen LogP contribution in [0, 0.1) is 0 Å². The Morgan fingerprint density at radius 3 is 3.10 bits per heavy atom. The Hall–Kier alpha value is -2.63. The van der Waals surface area contributed by atoms with E-state index < -0.39 is 0 Å². The van der Waals surface area contributed by atoms with Crippen molar-refractivity contribution < 1.29 is 4.42 Å². The minimum atomic E-state index is 0.520. The van der Waals surface area contributed by atoms with E-state index in [9.17, 15) is 0 Å². The Morgan fingerprint density at radius 2 is 2.29 bits per heavy atom. The van der Waals surface area contributed by atoms with Crippen molar-refractivity contribution in [1.82, 2.24) is 19.7 Å². The summed E-state index contributed by atoms with van der Waals surface area (Å²) in [6, 6.07) is 7.89. The highest BCUT2D eigenvalue weighted by molar-refractivity contribution is 5.60. The van der Waals surface area contributed by atoms with Crippen molar-refractivity contribution in [2.24, 2.45) is 0 Å². The third-order valence-electron chi connectivity index (χ3n) is 3.19. The van der Waals surface area contributed by atoms with Gasteiger partial charge in [-0.2, -0.15) is 0 Å². The van der Waals surface area contributed by atoms with Crippen LogP contribution < -0.4 is 5.32 Å². The van der Waals surface area contributed by atoms with Crippen LogP contribution in [0.15, 0.2) is 47.5 Å². The van der Waals surface area contributed by atoms with Crippen LogP contribution in [-0.2, 0) is 13.1 Å². The highest BCUT2D eigenvalue weighted by Crippen LogP contribution is 2.20. The monoisotopic (exact) mass is 283 g/mol. The van der Waals surface area contributed by atoms with E-state index in [1.165, 1.54) is 6.39 Å². The molecule has 0 amide bonds. The van der Waals surface area contributed by atoms with Crippen LogP contribution >= 0.6 is 0 Å². The van der Waals surface area contributed by atoms with Crippen molar-refractivity contribution in [2.75, 3.05) is 5.32 Å². The lowest BCUT2D eigenvalue weighted by Gasteiger charge is -2.09. The summed E-state index contributed by atoms with van der Waals surface area (Å²) < 4.78 is 7.37. The topological polar surface area (TPSA) is 68.8 Å². The first-order valence-electron chi connectivity index (χ1n) is 6.97. The van der Waals surface area contributed by atoms with Crippen LogP contribution in [0.1, 0.15) is 19.2 Å². The first-order chi connectivity index (χ1) is 10.4. The van der Waals surface area contributed by atoms with Crippen molar-refractivity contribution in [3.8, 4) is 11.5 Å². The van der Waals surface area contributed by atoms with Crippen LogP contribution in [0.4, 0.5) is 5.69 Å². The highest BCUT2D eigenvalue weighted by atomic mass is 16.4. The number of imidazole rings is 1. The number of nitrogens with one attached hydrogen (secondary N) is 1. The molecule has 0 bridgehead atoms. The maximum Gasteiger partial charge on any atom is 0.247 e. The molecule has 6 nitrogen and oxygen atoms in total. The van der Waals surface area contributed by atoms with Gasteiger partial charge in [-0.05, 0) is 24.6 Å². The molecular weight excluding hydrogens is 266 g/mol. The molecule has 0 spiro atoms. The normalized spacial score (nSPS) is 10.7. The lowest BCUT2D eigenvalue weighted by molar-refractivity contribution is 0.568. The van der Waals surface area contributed by atoms with Crippen molar-refractivity contribution in [2.45, 2.75) is 26.4 Å². The smallest absolute Gasteiger partial charge is 0.247 e. The Kier molecular flexibility index (Phi) is 3.95. The summed E-state index contributed by atoms with van der Waals surface area (Å²) in [5.74, 6) is 1.55. The van der Waals surface area contributed by atoms with Gasteiger partial charge in [0, 0.05) is 30.2 Å². The van der Waals surface area contributed by atoms with Crippen molar-refractivity contribution in [3.05, 3.63) is 48.9 Å². The van der Waals surface area contributed by atoms with E-state index in [1.54, 1.807) is 0 Å². The van der Waals surface area contributed by atoms with Crippen LogP contribution in [0.5, 0.6) is 0 Å².